The quantitative estimate of drug-likeness (QED) is 0.186. The topological polar surface area (TPSA) is 0 Å². The molecule has 0 spiro atoms. The van der Waals surface area contributed by atoms with Crippen molar-refractivity contribution in [2.75, 3.05) is 0 Å². The van der Waals surface area contributed by atoms with Crippen LogP contribution in [0.4, 0.5) is 0 Å². The first-order chi connectivity index (χ1) is 11.2. The van der Waals surface area contributed by atoms with Gasteiger partial charge in [-0.3, -0.25) is 0 Å². The minimum atomic E-state index is 0. The molecule has 5 aromatic carbocycles. The molecule has 0 saturated heterocycles. The van der Waals surface area contributed by atoms with Gasteiger partial charge < -0.3 is 0 Å². The summed E-state index contributed by atoms with van der Waals surface area (Å²) in [7, 11) is 0. The van der Waals surface area contributed by atoms with Gasteiger partial charge in [-0.25, -0.2) is 0 Å². The van der Waals surface area contributed by atoms with E-state index in [1.165, 1.54) is 59.8 Å². The van der Waals surface area contributed by atoms with Crippen LogP contribution in [0.15, 0.2) is 54.6 Å². The van der Waals surface area contributed by atoms with Crippen LogP contribution in [0, 0.1) is 20.8 Å². The van der Waals surface area contributed by atoms with E-state index in [9.17, 15) is 0 Å². The molecule has 0 saturated carbocycles. The summed E-state index contributed by atoms with van der Waals surface area (Å²) in [4.78, 5) is 0. The molecule has 0 N–H and O–H groups in total. The van der Waals surface area contributed by atoms with Gasteiger partial charge in [0, 0.05) is 0 Å². The van der Waals surface area contributed by atoms with Crippen LogP contribution in [-0.4, -0.2) is 18.9 Å². The Morgan fingerprint density at radius 3 is 1.71 bits per heavy atom. The van der Waals surface area contributed by atoms with Crippen molar-refractivity contribution in [1.82, 2.24) is 0 Å². The Bertz CT molecular complexity index is 1230. The molecule has 0 amide bonds. The van der Waals surface area contributed by atoms with E-state index in [1.54, 1.807) is 0 Å². The summed E-state index contributed by atoms with van der Waals surface area (Å²) in [5, 5.41) is 11.1. The molecule has 0 bridgehead atoms. The van der Waals surface area contributed by atoms with Crippen LogP contribution in [-0.2, 0) is 0 Å². The summed E-state index contributed by atoms with van der Waals surface area (Å²) in [5.41, 5.74) is 4.25. The van der Waals surface area contributed by atoms with Gasteiger partial charge in [0.05, 0.1) is 0 Å². The molecule has 112 valence electrons. The van der Waals surface area contributed by atoms with Crippen molar-refractivity contribution in [1.29, 1.82) is 0 Å². The fourth-order valence-electron chi connectivity index (χ4n) is 4.33. The van der Waals surface area contributed by atoms with E-state index in [4.69, 9.17) is 0 Å². The normalized spacial score (nSPS) is 11.6. The van der Waals surface area contributed by atoms with Crippen LogP contribution in [0.1, 0.15) is 16.7 Å². The Morgan fingerprint density at radius 1 is 0.458 bits per heavy atom. The molecule has 24 heavy (non-hydrogen) atoms. The first kappa shape index (κ1) is 15.5. The second-order valence-electron chi connectivity index (χ2n) is 6.69. The van der Waals surface area contributed by atoms with Gasteiger partial charge in [-0.05, 0) is 80.6 Å². The molecule has 0 unspecified atom stereocenters. The number of fused-ring (bicyclic) bond motifs is 2. The third-order valence-corrected chi connectivity index (χ3v) is 5.68. The van der Waals surface area contributed by atoms with Crippen molar-refractivity contribution >= 4 is 62.0 Å². The van der Waals surface area contributed by atoms with Gasteiger partial charge in [0.2, 0.25) is 0 Å². The molecule has 5 rings (SSSR count). The van der Waals surface area contributed by atoms with Gasteiger partial charge >= 0.3 is 18.9 Å². The van der Waals surface area contributed by atoms with Gasteiger partial charge in [-0.15, -0.1) is 0 Å². The van der Waals surface area contributed by atoms with E-state index in [0.717, 1.165) is 0 Å². The second-order valence-corrected chi connectivity index (χ2v) is 6.69. The molecule has 0 aromatic heterocycles. The fraction of sp³-hybridized carbons (Fsp3) is 0.130. The van der Waals surface area contributed by atoms with Crippen LogP contribution >= 0.6 is 0 Å². The second kappa shape index (κ2) is 5.25. The van der Waals surface area contributed by atoms with E-state index in [-0.39, 0.29) is 18.9 Å². The standard InChI is InChI=1S/C23H18.Li.H/c1-13-14(2)17-9-6-11-19-18-10-4-7-16-8-5-12-20(22(16)18)21(15(13)3)23(17)19;;/h4-12H,1-3H3;;. The number of hydrogen-bond donors (Lipinski definition) is 0. The van der Waals surface area contributed by atoms with Crippen molar-refractivity contribution in [2.24, 2.45) is 0 Å². The Kier molecular flexibility index (Phi) is 3.39. The predicted molar refractivity (Wildman–Crippen MR) is 109 cm³/mol. The minimum absolute atomic E-state index is 0. The summed E-state index contributed by atoms with van der Waals surface area (Å²) < 4.78 is 0. The third kappa shape index (κ3) is 1.76. The maximum absolute atomic E-state index is 2.29. The third-order valence-electron chi connectivity index (χ3n) is 5.68. The Labute approximate surface area is 154 Å². The van der Waals surface area contributed by atoms with Gasteiger partial charge in [0.15, 0.2) is 0 Å². The van der Waals surface area contributed by atoms with E-state index >= 15 is 0 Å². The zero-order valence-electron chi connectivity index (χ0n) is 13.7. The molecule has 0 heterocycles. The summed E-state index contributed by atoms with van der Waals surface area (Å²) in [6.45, 7) is 6.79. The van der Waals surface area contributed by atoms with Crippen LogP contribution in [0.25, 0.3) is 43.1 Å². The molecule has 0 radical (unpaired) electrons. The number of benzene rings is 5. The van der Waals surface area contributed by atoms with Crippen molar-refractivity contribution in [2.45, 2.75) is 20.8 Å². The molecule has 0 aliphatic carbocycles. The molecule has 0 atom stereocenters. The first-order valence-corrected chi connectivity index (χ1v) is 8.23. The molecule has 0 nitrogen and oxygen atoms in total. The molecule has 5 aromatic rings. The SMILES string of the molecule is Cc1c(C)c2cccc3c4cccc5cccc(c(c1C)c23)c54.[LiH]. The molecule has 0 aliphatic heterocycles. The predicted octanol–water partition coefficient (Wildman–Crippen LogP) is 6.01. The Balaban J connectivity index is 0.00000146. The van der Waals surface area contributed by atoms with E-state index in [2.05, 4.69) is 75.4 Å². The van der Waals surface area contributed by atoms with Gasteiger partial charge in [-0.2, -0.15) is 0 Å². The Morgan fingerprint density at radius 2 is 1.00 bits per heavy atom. The number of aryl methyl sites for hydroxylation is 2. The van der Waals surface area contributed by atoms with Crippen LogP contribution < -0.4 is 0 Å². The monoisotopic (exact) mass is 302 g/mol. The van der Waals surface area contributed by atoms with E-state index in [1.807, 2.05) is 0 Å². The maximum atomic E-state index is 2.29. The van der Waals surface area contributed by atoms with Crippen molar-refractivity contribution < 1.29 is 0 Å². The Hall–Kier alpha value is -2.00. The first-order valence-electron chi connectivity index (χ1n) is 8.23. The molecule has 1 heteroatoms. The number of hydrogen-bond acceptors (Lipinski definition) is 0. The summed E-state index contributed by atoms with van der Waals surface area (Å²) in [6, 6.07) is 20.1. The molecule has 0 aliphatic rings. The van der Waals surface area contributed by atoms with E-state index in [0.29, 0.717) is 0 Å². The van der Waals surface area contributed by atoms with Gasteiger partial charge in [0.1, 0.15) is 0 Å². The van der Waals surface area contributed by atoms with E-state index < -0.39 is 0 Å². The zero-order chi connectivity index (χ0) is 15.7. The molecular weight excluding hydrogens is 283 g/mol. The summed E-state index contributed by atoms with van der Waals surface area (Å²) in [5.74, 6) is 0. The van der Waals surface area contributed by atoms with Gasteiger partial charge in [-0.1, -0.05) is 54.6 Å². The number of rotatable bonds is 0. The van der Waals surface area contributed by atoms with Crippen molar-refractivity contribution in [3.8, 4) is 0 Å². The van der Waals surface area contributed by atoms with Crippen LogP contribution in [0.2, 0.25) is 0 Å². The molecular formula is C23H19Li. The average molecular weight is 302 g/mol. The zero-order valence-corrected chi connectivity index (χ0v) is 13.7. The average Bonchev–Trinajstić information content (AvgIpc) is 2.59. The van der Waals surface area contributed by atoms with Crippen LogP contribution in [0.5, 0.6) is 0 Å². The summed E-state index contributed by atoms with van der Waals surface area (Å²) in [6.07, 6.45) is 0. The van der Waals surface area contributed by atoms with Gasteiger partial charge in [0.25, 0.3) is 0 Å². The summed E-state index contributed by atoms with van der Waals surface area (Å²) >= 11 is 0. The molecule has 0 fully saturated rings. The van der Waals surface area contributed by atoms with Crippen LogP contribution in [0.3, 0.4) is 0 Å². The van der Waals surface area contributed by atoms with Crippen molar-refractivity contribution in [3.05, 3.63) is 71.3 Å². The fourth-order valence-corrected chi connectivity index (χ4v) is 4.33. The van der Waals surface area contributed by atoms with Crippen molar-refractivity contribution in [3.63, 3.8) is 0 Å².